The summed E-state index contributed by atoms with van der Waals surface area (Å²) >= 11 is 3.38. The fourth-order valence-electron chi connectivity index (χ4n) is 1.91. The molecule has 1 saturated heterocycles. The molecule has 0 atom stereocenters. The van der Waals surface area contributed by atoms with Crippen LogP contribution in [0.4, 0.5) is 5.69 Å². The van der Waals surface area contributed by atoms with Crippen LogP contribution in [-0.2, 0) is 4.79 Å². The van der Waals surface area contributed by atoms with Crippen LogP contribution in [0.25, 0.3) is 0 Å². The minimum Gasteiger partial charge on any atom is -0.325 e. The molecule has 1 heterocycles. The van der Waals surface area contributed by atoms with Crippen LogP contribution in [0.15, 0.2) is 28.7 Å². The molecule has 3 nitrogen and oxygen atoms in total. The highest BCUT2D eigenvalue weighted by Gasteiger charge is 2.14. The number of halogens is 1. The van der Waals surface area contributed by atoms with Gasteiger partial charge in [-0.3, -0.25) is 9.69 Å². The quantitative estimate of drug-likeness (QED) is 0.924. The van der Waals surface area contributed by atoms with Crippen LogP contribution >= 0.6 is 15.9 Å². The van der Waals surface area contributed by atoms with Crippen molar-refractivity contribution in [3.63, 3.8) is 0 Å². The Morgan fingerprint density at radius 2 is 2.12 bits per heavy atom. The van der Waals surface area contributed by atoms with E-state index < -0.39 is 0 Å². The molecule has 1 aliphatic heterocycles. The van der Waals surface area contributed by atoms with E-state index >= 15 is 0 Å². The van der Waals surface area contributed by atoms with Gasteiger partial charge < -0.3 is 5.32 Å². The zero-order chi connectivity index (χ0) is 11.4. The van der Waals surface area contributed by atoms with E-state index in [9.17, 15) is 4.79 Å². The lowest BCUT2D eigenvalue weighted by molar-refractivity contribution is -0.117. The summed E-state index contributed by atoms with van der Waals surface area (Å²) in [5, 5.41) is 2.90. The number of carbonyl (C=O) groups excluding carboxylic acids is 1. The van der Waals surface area contributed by atoms with Crippen molar-refractivity contribution in [3.05, 3.63) is 28.7 Å². The summed E-state index contributed by atoms with van der Waals surface area (Å²) in [6.07, 6.45) is 2.42. The van der Waals surface area contributed by atoms with E-state index in [4.69, 9.17) is 0 Å². The van der Waals surface area contributed by atoms with Crippen molar-refractivity contribution in [2.45, 2.75) is 12.8 Å². The van der Waals surface area contributed by atoms with Gasteiger partial charge in [-0.15, -0.1) is 0 Å². The van der Waals surface area contributed by atoms with E-state index in [0.717, 1.165) is 23.2 Å². The highest BCUT2D eigenvalue weighted by atomic mass is 79.9. The Morgan fingerprint density at radius 3 is 2.81 bits per heavy atom. The van der Waals surface area contributed by atoms with E-state index in [-0.39, 0.29) is 5.91 Å². The van der Waals surface area contributed by atoms with Crippen molar-refractivity contribution < 1.29 is 4.79 Å². The maximum atomic E-state index is 11.7. The summed E-state index contributed by atoms with van der Waals surface area (Å²) in [4.78, 5) is 13.9. The predicted molar refractivity (Wildman–Crippen MR) is 68.4 cm³/mol. The van der Waals surface area contributed by atoms with Crippen molar-refractivity contribution in [2.24, 2.45) is 0 Å². The fourth-order valence-corrected chi connectivity index (χ4v) is 2.31. The zero-order valence-electron chi connectivity index (χ0n) is 9.08. The lowest BCUT2D eigenvalue weighted by atomic mass is 10.3. The average Bonchev–Trinajstić information content (AvgIpc) is 2.70. The van der Waals surface area contributed by atoms with Crippen LogP contribution in [0.1, 0.15) is 12.8 Å². The topological polar surface area (TPSA) is 32.3 Å². The molecular weight excluding hydrogens is 268 g/mol. The van der Waals surface area contributed by atoms with Crippen LogP contribution in [0.5, 0.6) is 0 Å². The summed E-state index contributed by atoms with van der Waals surface area (Å²) < 4.78 is 0.978. The fraction of sp³-hybridized carbons (Fsp3) is 0.417. The monoisotopic (exact) mass is 282 g/mol. The number of carbonyl (C=O) groups is 1. The SMILES string of the molecule is O=C(CN1CCCC1)Nc1cccc(Br)c1. The van der Waals surface area contributed by atoms with Gasteiger partial charge in [0.05, 0.1) is 6.54 Å². The van der Waals surface area contributed by atoms with Gasteiger partial charge in [-0.2, -0.15) is 0 Å². The Morgan fingerprint density at radius 1 is 1.38 bits per heavy atom. The summed E-state index contributed by atoms with van der Waals surface area (Å²) in [5.41, 5.74) is 0.846. The lowest BCUT2D eigenvalue weighted by Gasteiger charge is -2.14. The van der Waals surface area contributed by atoms with Crippen molar-refractivity contribution in [1.29, 1.82) is 0 Å². The number of nitrogens with one attached hydrogen (secondary N) is 1. The molecule has 0 aliphatic carbocycles. The molecular formula is C12H15BrN2O. The first-order valence-electron chi connectivity index (χ1n) is 5.52. The molecule has 86 valence electrons. The van der Waals surface area contributed by atoms with Crippen LogP contribution < -0.4 is 5.32 Å². The van der Waals surface area contributed by atoms with Crippen molar-refractivity contribution in [2.75, 3.05) is 25.0 Å². The third-order valence-corrected chi connectivity index (χ3v) is 3.17. The molecule has 1 aromatic carbocycles. The van der Waals surface area contributed by atoms with Gasteiger partial charge in [-0.05, 0) is 44.1 Å². The number of anilines is 1. The number of hydrogen-bond acceptors (Lipinski definition) is 2. The van der Waals surface area contributed by atoms with E-state index in [0.29, 0.717) is 6.54 Å². The molecule has 1 amide bonds. The molecule has 0 unspecified atom stereocenters. The number of amides is 1. The number of nitrogens with zero attached hydrogens (tertiary/aromatic N) is 1. The molecule has 2 rings (SSSR count). The Hall–Kier alpha value is -0.870. The lowest BCUT2D eigenvalue weighted by Crippen LogP contribution is -2.30. The summed E-state index contributed by atoms with van der Waals surface area (Å²) in [7, 11) is 0. The molecule has 16 heavy (non-hydrogen) atoms. The summed E-state index contributed by atoms with van der Waals surface area (Å²) in [6.45, 7) is 2.60. The Kier molecular flexibility index (Phi) is 3.96. The maximum absolute atomic E-state index is 11.7. The van der Waals surface area contributed by atoms with Gasteiger partial charge in [0.25, 0.3) is 0 Å². The summed E-state index contributed by atoms with van der Waals surface area (Å²) in [5.74, 6) is 0.0694. The second-order valence-corrected chi connectivity index (χ2v) is 4.96. The van der Waals surface area contributed by atoms with Gasteiger partial charge in [0.1, 0.15) is 0 Å². The van der Waals surface area contributed by atoms with Crippen LogP contribution in [0, 0.1) is 0 Å². The molecule has 1 aliphatic rings. The molecule has 0 bridgehead atoms. The minimum absolute atomic E-state index is 0.0694. The van der Waals surface area contributed by atoms with Crippen LogP contribution in [0.3, 0.4) is 0 Å². The van der Waals surface area contributed by atoms with Crippen molar-refractivity contribution in [3.8, 4) is 0 Å². The Balaban J connectivity index is 1.86. The van der Waals surface area contributed by atoms with Crippen LogP contribution in [0.2, 0.25) is 0 Å². The van der Waals surface area contributed by atoms with Gasteiger partial charge in [0.15, 0.2) is 0 Å². The average molecular weight is 283 g/mol. The zero-order valence-corrected chi connectivity index (χ0v) is 10.7. The van der Waals surface area contributed by atoms with E-state index in [1.165, 1.54) is 12.8 Å². The van der Waals surface area contributed by atoms with E-state index in [1.54, 1.807) is 0 Å². The minimum atomic E-state index is 0.0694. The molecule has 0 radical (unpaired) electrons. The smallest absolute Gasteiger partial charge is 0.238 e. The molecule has 0 saturated carbocycles. The molecule has 1 N–H and O–H groups in total. The van der Waals surface area contributed by atoms with E-state index in [2.05, 4.69) is 26.1 Å². The van der Waals surface area contributed by atoms with Crippen molar-refractivity contribution in [1.82, 2.24) is 4.90 Å². The first-order chi connectivity index (χ1) is 7.74. The molecule has 1 fully saturated rings. The summed E-state index contributed by atoms with van der Waals surface area (Å²) in [6, 6.07) is 7.65. The van der Waals surface area contributed by atoms with Gasteiger partial charge in [0.2, 0.25) is 5.91 Å². The molecule has 0 aromatic heterocycles. The molecule has 4 heteroatoms. The normalized spacial score (nSPS) is 16.3. The van der Waals surface area contributed by atoms with Gasteiger partial charge >= 0.3 is 0 Å². The van der Waals surface area contributed by atoms with Gasteiger partial charge in [0, 0.05) is 10.2 Å². The number of rotatable bonds is 3. The van der Waals surface area contributed by atoms with Crippen molar-refractivity contribution >= 4 is 27.5 Å². The largest absolute Gasteiger partial charge is 0.325 e. The molecule has 1 aromatic rings. The van der Waals surface area contributed by atoms with Gasteiger partial charge in [-0.1, -0.05) is 22.0 Å². The highest BCUT2D eigenvalue weighted by Crippen LogP contribution is 2.15. The number of likely N-dealkylation sites (tertiary alicyclic amines) is 1. The highest BCUT2D eigenvalue weighted by molar-refractivity contribution is 9.10. The predicted octanol–water partition coefficient (Wildman–Crippen LogP) is 2.48. The third kappa shape index (κ3) is 3.32. The standard InChI is InChI=1S/C12H15BrN2O/c13-10-4-3-5-11(8-10)14-12(16)9-15-6-1-2-7-15/h3-5,8H,1-2,6-7,9H2,(H,14,16). The van der Waals surface area contributed by atoms with Gasteiger partial charge in [-0.25, -0.2) is 0 Å². The van der Waals surface area contributed by atoms with E-state index in [1.807, 2.05) is 24.3 Å². The second-order valence-electron chi connectivity index (χ2n) is 4.04. The first-order valence-corrected chi connectivity index (χ1v) is 6.31. The Labute approximate surface area is 104 Å². The number of hydrogen-bond donors (Lipinski definition) is 1. The third-order valence-electron chi connectivity index (χ3n) is 2.67. The second kappa shape index (κ2) is 5.46. The maximum Gasteiger partial charge on any atom is 0.238 e. The first kappa shape index (κ1) is 11.6. The number of benzene rings is 1. The van der Waals surface area contributed by atoms with Crippen LogP contribution in [-0.4, -0.2) is 30.4 Å². The molecule has 0 spiro atoms. The Bertz CT molecular complexity index is 375.